The molecule has 1 fully saturated rings. The van der Waals surface area contributed by atoms with Crippen molar-refractivity contribution >= 4 is 5.78 Å². The van der Waals surface area contributed by atoms with Crippen LogP contribution in [0.1, 0.15) is 63.2 Å². The smallest absolute Gasteiger partial charge is 0.169 e. The molecule has 0 atom stereocenters. The molecular weight excluding hydrogens is 236 g/mol. The SMILES string of the molecule is CCCn1cc(C(=O)C2CCC(C(C)C)CC2)cn1. The van der Waals surface area contributed by atoms with Crippen molar-refractivity contribution in [3.63, 3.8) is 0 Å². The van der Waals surface area contributed by atoms with Gasteiger partial charge in [-0.05, 0) is 43.9 Å². The summed E-state index contributed by atoms with van der Waals surface area (Å²) in [5.41, 5.74) is 0.807. The van der Waals surface area contributed by atoms with Crippen molar-refractivity contribution in [3.8, 4) is 0 Å². The molecule has 0 spiro atoms. The molecule has 3 nitrogen and oxygen atoms in total. The Hall–Kier alpha value is -1.12. The maximum atomic E-state index is 12.4. The van der Waals surface area contributed by atoms with Crippen molar-refractivity contribution in [3.05, 3.63) is 18.0 Å². The molecule has 1 aliphatic carbocycles. The number of aromatic nitrogens is 2. The van der Waals surface area contributed by atoms with E-state index in [1.54, 1.807) is 6.20 Å². The molecule has 3 heteroatoms. The summed E-state index contributed by atoms with van der Waals surface area (Å²) in [6.45, 7) is 7.60. The fourth-order valence-corrected chi connectivity index (χ4v) is 3.13. The molecule has 1 aliphatic rings. The maximum absolute atomic E-state index is 12.4. The molecule has 0 saturated heterocycles. The van der Waals surface area contributed by atoms with Crippen LogP contribution in [0.15, 0.2) is 12.4 Å². The van der Waals surface area contributed by atoms with Crippen LogP contribution in [0.4, 0.5) is 0 Å². The number of rotatable bonds is 5. The van der Waals surface area contributed by atoms with Gasteiger partial charge < -0.3 is 0 Å². The van der Waals surface area contributed by atoms with E-state index in [2.05, 4.69) is 25.9 Å². The van der Waals surface area contributed by atoms with Crippen LogP contribution in [0.3, 0.4) is 0 Å². The predicted molar refractivity (Wildman–Crippen MR) is 77.1 cm³/mol. The summed E-state index contributed by atoms with van der Waals surface area (Å²) in [5, 5.41) is 4.26. The van der Waals surface area contributed by atoms with Gasteiger partial charge in [-0.2, -0.15) is 5.10 Å². The number of hydrogen-bond acceptors (Lipinski definition) is 2. The molecule has 0 bridgehead atoms. The zero-order valence-electron chi connectivity index (χ0n) is 12.4. The summed E-state index contributed by atoms with van der Waals surface area (Å²) < 4.78 is 1.88. The summed E-state index contributed by atoms with van der Waals surface area (Å²) >= 11 is 0. The van der Waals surface area contributed by atoms with Gasteiger partial charge in [0.05, 0.1) is 11.8 Å². The van der Waals surface area contributed by atoms with E-state index in [4.69, 9.17) is 0 Å². The number of Topliss-reactive ketones (excluding diaryl/α,β-unsaturated/α-hetero) is 1. The maximum Gasteiger partial charge on any atom is 0.169 e. The lowest BCUT2D eigenvalue weighted by atomic mass is 9.75. The second-order valence-corrected chi connectivity index (χ2v) is 6.21. The Morgan fingerprint density at radius 2 is 2.05 bits per heavy atom. The zero-order chi connectivity index (χ0) is 13.8. The molecule has 0 aliphatic heterocycles. The lowest BCUT2D eigenvalue weighted by Gasteiger charge is -2.29. The highest BCUT2D eigenvalue weighted by molar-refractivity contribution is 5.97. The first-order valence-electron chi connectivity index (χ1n) is 7.68. The van der Waals surface area contributed by atoms with Crippen LogP contribution in [-0.2, 0) is 6.54 Å². The van der Waals surface area contributed by atoms with E-state index in [0.717, 1.165) is 43.2 Å². The van der Waals surface area contributed by atoms with Gasteiger partial charge in [-0.15, -0.1) is 0 Å². The molecule has 106 valence electrons. The highest BCUT2D eigenvalue weighted by Crippen LogP contribution is 2.34. The van der Waals surface area contributed by atoms with E-state index in [0.29, 0.717) is 5.78 Å². The Bertz CT molecular complexity index is 414. The largest absolute Gasteiger partial charge is 0.294 e. The standard InChI is InChI=1S/C16H26N2O/c1-4-9-18-11-15(10-17-18)16(19)14-7-5-13(6-8-14)12(2)3/h10-14H,4-9H2,1-3H3. The van der Waals surface area contributed by atoms with Crippen LogP contribution in [0.25, 0.3) is 0 Å². The number of aryl methyl sites for hydroxylation is 1. The Kier molecular flexibility index (Phi) is 4.78. The second-order valence-electron chi connectivity index (χ2n) is 6.21. The van der Waals surface area contributed by atoms with Crippen LogP contribution in [0.2, 0.25) is 0 Å². The number of nitrogens with zero attached hydrogens (tertiary/aromatic N) is 2. The third-order valence-electron chi connectivity index (χ3n) is 4.46. The van der Waals surface area contributed by atoms with E-state index >= 15 is 0 Å². The first kappa shape index (κ1) is 14.3. The van der Waals surface area contributed by atoms with Gasteiger partial charge in [-0.3, -0.25) is 9.48 Å². The minimum absolute atomic E-state index is 0.231. The molecule has 19 heavy (non-hydrogen) atoms. The van der Waals surface area contributed by atoms with Crippen molar-refractivity contribution in [1.29, 1.82) is 0 Å². The molecule has 2 rings (SSSR count). The van der Waals surface area contributed by atoms with Crippen molar-refractivity contribution < 1.29 is 4.79 Å². The van der Waals surface area contributed by atoms with Gasteiger partial charge in [-0.25, -0.2) is 0 Å². The van der Waals surface area contributed by atoms with E-state index in [9.17, 15) is 4.79 Å². The van der Waals surface area contributed by atoms with Gasteiger partial charge in [0.1, 0.15) is 0 Å². The fourth-order valence-electron chi connectivity index (χ4n) is 3.13. The van der Waals surface area contributed by atoms with E-state index in [-0.39, 0.29) is 5.92 Å². The number of carbonyl (C=O) groups is 1. The number of hydrogen-bond donors (Lipinski definition) is 0. The Morgan fingerprint density at radius 3 is 2.63 bits per heavy atom. The van der Waals surface area contributed by atoms with Gasteiger partial charge in [0.2, 0.25) is 0 Å². The van der Waals surface area contributed by atoms with Crippen LogP contribution in [-0.4, -0.2) is 15.6 Å². The highest BCUT2D eigenvalue weighted by atomic mass is 16.1. The van der Waals surface area contributed by atoms with Crippen LogP contribution < -0.4 is 0 Å². The number of ketones is 1. The number of carbonyl (C=O) groups excluding carboxylic acids is 1. The molecule has 0 radical (unpaired) electrons. The average molecular weight is 262 g/mol. The molecule has 1 aromatic rings. The topological polar surface area (TPSA) is 34.9 Å². The fraction of sp³-hybridized carbons (Fsp3) is 0.750. The third kappa shape index (κ3) is 3.46. The summed E-state index contributed by atoms with van der Waals surface area (Å²) in [7, 11) is 0. The molecule has 0 N–H and O–H groups in total. The molecule has 1 saturated carbocycles. The quantitative estimate of drug-likeness (QED) is 0.753. The molecule has 0 amide bonds. The summed E-state index contributed by atoms with van der Waals surface area (Å²) in [6, 6.07) is 0. The van der Waals surface area contributed by atoms with E-state index in [1.807, 2.05) is 10.9 Å². The summed E-state index contributed by atoms with van der Waals surface area (Å²) in [4.78, 5) is 12.4. The highest BCUT2D eigenvalue weighted by Gasteiger charge is 2.28. The summed E-state index contributed by atoms with van der Waals surface area (Å²) in [5.74, 6) is 2.11. The van der Waals surface area contributed by atoms with Crippen LogP contribution in [0, 0.1) is 17.8 Å². The van der Waals surface area contributed by atoms with Gasteiger partial charge >= 0.3 is 0 Å². The predicted octanol–water partition coefficient (Wildman–Crippen LogP) is 3.94. The van der Waals surface area contributed by atoms with Gasteiger partial charge in [0.25, 0.3) is 0 Å². The lowest BCUT2D eigenvalue weighted by Crippen LogP contribution is -2.24. The zero-order valence-corrected chi connectivity index (χ0v) is 12.4. The first-order chi connectivity index (χ1) is 9.11. The molecule has 1 aromatic heterocycles. The summed E-state index contributed by atoms with van der Waals surface area (Å²) in [6.07, 6.45) is 9.23. The van der Waals surface area contributed by atoms with Crippen LogP contribution >= 0.6 is 0 Å². The minimum Gasteiger partial charge on any atom is -0.294 e. The molecular formula is C16H26N2O. The van der Waals surface area contributed by atoms with E-state index < -0.39 is 0 Å². The van der Waals surface area contributed by atoms with Gasteiger partial charge in [-0.1, -0.05) is 20.8 Å². The van der Waals surface area contributed by atoms with Crippen molar-refractivity contribution in [1.82, 2.24) is 9.78 Å². The molecule has 0 unspecified atom stereocenters. The molecule has 1 heterocycles. The third-order valence-corrected chi connectivity index (χ3v) is 4.46. The normalized spacial score (nSPS) is 23.8. The van der Waals surface area contributed by atoms with Gasteiger partial charge in [0, 0.05) is 18.7 Å². The Morgan fingerprint density at radius 1 is 1.37 bits per heavy atom. The lowest BCUT2D eigenvalue weighted by molar-refractivity contribution is 0.0859. The van der Waals surface area contributed by atoms with Crippen LogP contribution in [0.5, 0.6) is 0 Å². The average Bonchev–Trinajstić information content (AvgIpc) is 2.87. The Labute approximate surface area is 116 Å². The van der Waals surface area contributed by atoms with E-state index in [1.165, 1.54) is 12.8 Å². The van der Waals surface area contributed by atoms with Crippen molar-refractivity contribution in [2.75, 3.05) is 0 Å². The minimum atomic E-state index is 0.231. The first-order valence-corrected chi connectivity index (χ1v) is 7.68. The van der Waals surface area contributed by atoms with Crippen molar-refractivity contribution in [2.24, 2.45) is 17.8 Å². The Balaban J connectivity index is 1.93. The second kappa shape index (κ2) is 6.36. The van der Waals surface area contributed by atoms with Gasteiger partial charge in [0.15, 0.2) is 5.78 Å². The molecule has 0 aromatic carbocycles. The monoisotopic (exact) mass is 262 g/mol. The van der Waals surface area contributed by atoms with Crippen molar-refractivity contribution in [2.45, 2.75) is 59.4 Å².